The van der Waals surface area contributed by atoms with Crippen molar-refractivity contribution >= 4 is 16.7 Å². The molecule has 3 heterocycles. The molecule has 11 heteroatoms. The van der Waals surface area contributed by atoms with E-state index in [9.17, 15) is 18.0 Å². The number of aromatic nitrogens is 3. The highest BCUT2D eigenvalue weighted by Gasteiger charge is 2.34. The number of pyridine rings is 3. The number of halogens is 3. The summed E-state index contributed by atoms with van der Waals surface area (Å²) in [4.78, 5) is 23.3. The quantitative estimate of drug-likeness (QED) is 0.175. The maximum Gasteiger partial charge on any atom is 0.421 e. The third kappa shape index (κ3) is 5.31. The smallest absolute Gasteiger partial charge is 0.421 e. The average molecular weight is 525 g/mol. The van der Waals surface area contributed by atoms with Gasteiger partial charge in [0, 0.05) is 48.7 Å². The molecule has 0 aliphatic rings. The number of benzene rings is 1. The second-order valence-corrected chi connectivity index (χ2v) is 9.01. The lowest BCUT2D eigenvalue weighted by Gasteiger charge is -2.18. The summed E-state index contributed by atoms with van der Waals surface area (Å²) in [6.07, 6.45) is -1.88. The van der Waals surface area contributed by atoms with E-state index in [1.165, 1.54) is 12.3 Å². The minimum Gasteiger partial charge on any atom is -0.487 e. The Morgan fingerprint density at radius 3 is 2.61 bits per heavy atom. The molecule has 0 saturated heterocycles. The van der Waals surface area contributed by atoms with Crippen LogP contribution in [0, 0.1) is 13.8 Å². The number of hydrazone groups is 1. The van der Waals surface area contributed by atoms with Gasteiger partial charge in [0.05, 0.1) is 12.2 Å². The first kappa shape index (κ1) is 26.6. The van der Waals surface area contributed by atoms with Gasteiger partial charge in [0.15, 0.2) is 5.84 Å². The van der Waals surface area contributed by atoms with Gasteiger partial charge >= 0.3 is 6.18 Å². The van der Waals surface area contributed by atoms with Gasteiger partial charge in [-0.2, -0.15) is 18.3 Å². The van der Waals surface area contributed by atoms with E-state index in [-0.39, 0.29) is 13.2 Å². The van der Waals surface area contributed by atoms with Crippen LogP contribution >= 0.6 is 0 Å². The normalized spacial score (nSPS) is 12.1. The van der Waals surface area contributed by atoms with E-state index in [0.717, 1.165) is 32.8 Å². The molecule has 0 saturated carbocycles. The molecule has 4 aromatic rings. The number of nitrogens with zero attached hydrogens (tertiary/aromatic N) is 5. The zero-order chi connectivity index (χ0) is 27.6. The van der Waals surface area contributed by atoms with Gasteiger partial charge in [-0.05, 0) is 49.7 Å². The van der Waals surface area contributed by atoms with Crippen molar-refractivity contribution in [2.75, 3.05) is 14.1 Å². The van der Waals surface area contributed by atoms with Gasteiger partial charge in [0.1, 0.15) is 23.4 Å². The van der Waals surface area contributed by atoms with Crippen LogP contribution in [0.3, 0.4) is 0 Å². The van der Waals surface area contributed by atoms with Crippen LogP contribution in [0.5, 0.6) is 5.75 Å². The number of fused-ring (bicyclic) bond motifs is 1. The van der Waals surface area contributed by atoms with Crippen LogP contribution in [0.2, 0.25) is 0 Å². The van der Waals surface area contributed by atoms with Gasteiger partial charge in [0.2, 0.25) is 0 Å². The Balaban J connectivity index is 1.71. The highest BCUT2D eigenvalue weighted by Crippen LogP contribution is 2.29. The van der Waals surface area contributed by atoms with Crippen LogP contribution in [-0.2, 0) is 19.3 Å². The number of alkyl halides is 3. The number of hydrogen-bond donors (Lipinski definition) is 1. The summed E-state index contributed by atoms with van der Waals surface area (Å²) in [7, 11) is 3.69. The molecule has 0 atom stereocenters. The van der Waals surface area contributed by atoms with Gasteiger partial charge < -0.3 is 20.0 Å². The van der Waals surface area contributed by atoms with Gasteiger partial charge in [-0.3, -0.25) is 9.78 Å². The first-order valence-corrected chi connectivity index (χ1v) is 11.7. The molecule has 38 heavy (non-hydrogen) atoms. The fourth-order valence-corrected chi connectivity index (χ4v) is 4.24. The Hall–Kier alpha value is -4.41. The molecule has 0 radical (unpaired) electrons. The summed E-state index contributed by atoms with van der Waals surface area (Å²) in [5.41, 5.74) is 1.72. The molecule has 0 fully saturated rings. The van der Waals surface area contributed by atoms with Crippen molar-refractivity contribution in [3.8, 4) is 5.75 Å². The molecule has 0 bridgehead atoms. The summed E-state index contributed by atoms with van der Waals surface area (Å²) in [6, 6.07) is 11.2. The van der Waals surface area contributed by atoms with Crippen LogP contribution in [-0.4, -0.2) is 39.4 Å². The van der Waals surface area contributed by atoms with E-state index in [2.05, 4.69) is 15.1 Å². The molecule has 0 unspecified atom stereocenters. The predicted octanol–water partition coefficient (Wildman–Crippen LogP) is 4.24. The predicted molar refractivity (Wildman–Crippen MR) is 139 cm³/mol. The molecule has 3 aromatic heterocycles. The maximum absolute atomic E-state index is 13.2. The van der Waals surface area contributed by atoms with Gasteiger partial charge in [-0.25, -0.2) is 4.98 Å². The van der Waals surface area contributed by atoms with Crippen molar-refractivity contribution in [2.45, 2.75) is 33.2 Å². The lowest BCUT2D eigenvalue weighted by atomic mass is 10.1. The molecule has 8 nitrogen and oxygen atoms in total. The van der Waals surface area contributed by atoms with Crippen molar-refractivity contribution in [3.05, 3.63) is 98.9 Å². The highest BCUT2D eigenvalue weighted by atomic mass is 19.4. The first-order chi connectivity index (χ1) is 18.0. The summed E-state index contributed by atoms with van der Waals surface area (Å²) in [5, 5.41) is 4.73. The molecular weight excluding hydrogens is 497 g/mol. The number of nitrogens with two attached hydrogens (primary N) is 1. The number of para-hydroxylation sites is 1. The highest BCUT2D eigenvalue weighted by molar-refractivity contribution is 6.09. The Labute approximate surface area is 217 Å². The Morgan fingerprint density at radius 1 is 1.16 bits per heavy atom. The van der Waals surface area contributed by atoms with Crippen molar-refractivity contribution in [2.24, 2.45) is 10.9 Å². The maximum atomic E-state index is 13.2. The summed E-state index contributed by atoms with van der Waals surface area (Å²) in [5.74, 6) is 6.75. The van der Waals surface area contributed by atoms with Crippen LogP contribution in [0.25, 0.3) is 10.9 Å². The first-order valence-electron chi connectivity index (χ1n) is 11.7. The van der Waals surface area contributed by atoms with Crippen LogP contribution in [0.15, 0.2) is 64.8 Å². The third-order valence-electron chi connectivity index (χ3n) is 6.11. The zero-order valence-corrected chi connectivity index (χ0v) is 21.4. The van der Waals surface area contributed by atoms with Gasteiger partial charge in [-0.15, -0.1) is 0 Å². The SMILES string of the molecule is Cc1cc(/C(=N/N)N(C)C)c2cccc(OCc3c(C)ccnc3Cn3cccc(C(F)(F)F)c3=O)c2n1. The van der Waals surface area contributed by atoms with E-state index in [0.29, 0.717) is 28.4 Å². The van der Waals surface area contributed by atoms with Crippen LogP contribution in [0.4, 0.5) is 13.2 Å². The van der Waals surface area contributed by atoms with E-state index < -0.39 is 17.3 Å². The van der Waals surface area contributed by atoms with E-state index in [4.69, 9.17) is 10.6 Å². The fraction of sp³-hybridized carbons (Fsp3) is 0.259. The van der Waals surface area contributed by atoms with Crippen molar-refractivity contribution < 1.29 is 17.9 Å². The molecule has 0 aliphatic carbocycles. The number of rotatable bonds is 6. The topological polar surface area (TPSA) is 98.6 Å². The molecule has 0 spiro atoms. The number of ether oxygens (including phenoxy) is 1. The number of amidine groups is 1. The summed E-state index contributed by atoms with van der Waals surface area (Å²) in [6.45, 7) is 3.64. The van der Waals surface area contributed by atoms with Gasteiger partial charge in [-0.1, -0.05) is 12.1 Å². The minimum atomic E-state index is -4.74. The van der Waals surface area contributed by atoms with Crippen LogP contribution < -0.4 is 16.1 Å². The monoisotopic (exact) mass is 524 g/mol. The number of hydrogen-bond acceptors (Lipinski definition) is 6. The standard InChI is InChI=1S/C27H27F3N6O2/c1-16-10-11-32-22(14-36-12-6-8-21(26(36)37)27(28,29)30)20(16)15-38-23-9-5-7-18-19(25(34-31)35(3)4)13-17(2)33-24(18)23/h5-13H,14-15,31H2,1-4H3/b34-25-. The Kier molecular flexibility index (Phi) is 7.38. The second kappa shape index (κ2) is 10.5. The van der Waals surface area contributed by atoms with Crippen LogP contribution in [0.1, 0.15) is 33.6 Å². The van der Waals surface area contributed by atoms with Crippen molar-refractivity contribution in [1.29, 1.82) is 0 Å². The van der Waals surface area contributed by atoms with E-state index in [1.54, 1.807) is 18.3 Å². The summed E-state index contributed by atoms with van der Waals surface area (Å²) >= 11 is 0. The molecule has 0 amide bonds. The Bertz CT molecular complexity index is 1580. The fourth-order valence-electron chi connectivity index (χ4n) is 4.24. The second-order valence-electron chi connectivity index (χ2n) is 9.01. The molecule has 4 rings (SSSR count). The molecule has 198 valence electrons. The lowest BCUT2D eigenvalue weighted by molar-refractivity contribution is -0.138. The molecular formula is C27H27F3N6O2. The van der Waals surface area contributed by atoms with Crippen molar-refractivity contribution in [1.82, 2.24) is 19.4 Å². The molecule has 2 N–H and O–H groups in total. The van der Waals surface area contributed by atoms with E-state index >= 15 is 0 Å². The number of aryl methyl sites for hydroxylation is 2. The molecule has 0 aliphatic heterocycles. The Morgan fingerprint density at radius 2 is 1.92 bits per heavy atom. The third-order valence-corrected chi connectivity index (χ3v) is 6.11. The average Bonchev–Trinajstić information content (AvgIpc) is 2.84. The van der Waals surface area contributed by atoms with Gasteiger partial charge in [0.25, 0.3) is 5.56 Å². The lowest BCUT2D eigenvalue weighted by Crippen LogP contribution is -2.29. The minimum absolute atomic E-state index is 0.0678. The van der Waals surface area contributed by atoms with Crippen molar-refractivity contribution in [3.63, 3.8) is 0 Å². The largest absolute Gasteiger partial charge is 0.487 e. The zero-order valence-electron chi connectivity index (χ0n) is 21.4. The van der Waals surface area contributed by atoms with E-state index in [1.807, 2.05) is 51.0 Å². The summed E-state index contributed by atoms with van der Waals surface area (Å²) < 4.78 is 46.9. The molecule has 1 aromatic carbocycles.